The maximum atomic E-state index is 9.24. The fraction of sp³-hybridized carbons (Fsp3) is 0.500. The van der Waals surface area contributed by atoms with Gasteiger partial charge in [0.1, 0.15) is 0 Å². The molecule has 0 fully saturated rings. The van der Waals surface area contributed by atoms with E-state index in [-0.39, 0.29) is 53.3 Å². The number of carbonyl (C=O) groups is 1. The van der Waals surface area contributed by atoms with Crippen molar-refractivity contribution in [1.82, 2.24) is 6.15 Å². The van der Waals surface area contributed by atoms with Gasteiger partial charge in [-0.2, -0.15) is 0 Å². The van der Waals surface area contributed by atoms with Crippen LogP contribution in [0.4, 0.5) is 0 Å². The van der Waals surface area contributed by atoms with Crippen LogP contribution in [0, 0.1) is 0 Å². The van der Waals surface area contributed by atoms with Crippen LogP contribution < -0.4 is 11.9 Å². The summed E-state index contributed by atoms with van der Waals surface area (Å²) in [6.45, 7) is -0.278. The largest absolute Gasteiger partial charge is 2.00 e. The van der Waals surface area contributed by atoms with Gasteiger partial charge in [0.15, 0.2) is 0 Å². The number of nitrogens with two attached hydrogens (primary N) is 1. The van der Waals surface area contributed by atoms with E-state index in [1.165, 1.54) is 0 Å². The van der Waals surface area contributed by atoms with E-state index in [1.54, 1.807) is 0 Å². The minimum Gasteiger partial charge on any atom is -1.00 e. The predicted molar refractivity (Wildman–Crippen MR) is 29.7 cm³/mol. The van der Waals surface area contributed by atoms with E-state index in [0.29, 0.717) is 0 Å². The molecule has 0 rings (SSSR count). The van der Waals surface area contributed by atoms with Gasteiger partial charge in [-0.05, 0) is 0 Å². The van der Waals surface area contributed by atoms with Gasteiger partial charge in [0.05, 0.1) is 6.54 Å². The predicted octanol–water partition coefficient (Wildman–Crippen LogP) is -0.964. The summed E-state index contributed by atoms with van der Waals surface area (Å²) < 4.78 is 0. The molecule has 0 atom stereocenters. The van der Waals surface area contributed by atoms with Crippen molar-refractivity contribution in [2.45, 2.75) is 0 Å². The smallest absolute Gasteiger partial charge is 1.00 e. The Labute approximate surface area is 74.6 Å². The Kier molecular flexibility index (Phi) is 21.9. The molecule has 7 heavy (non-hydrogen) atoms. The topological polar surface area (TPSA) is 98.3 Å². The molecule has 0 amide bonds. The summed E-state index contributed by atoms with van der Waals surface area (Å²) in [5, 5.41) is 7.60. The first-order valence-corrected chi connectivity index (χ1v) is 1.19. The van der Waals surface area contributed by atoms with Crippen LogP contribution in [0.15, 0.2) is 0 Å². The van der Waals surface area contributed by atoms with Crippen molar-refractivity contribution in [2.75, 3.05) is 6.54 Å². The van der Waals surface area contributed by atoms with Crippen molar-refractivity contribution in [1.29, 1.82) is 0 Å². The van der Waals surface area contributed by atoms with Crippen LogP contribution >= 0.6 is 0 Å². The molecule has 0 aromatic rings. The Balaban J connectivity index is -0.0000000133. The third-order valence-electron chi connectivity index (χ3n) is 0.175. The first-order valence-electron chi connectivity index (χ1n) is 1.19. The quantitative estimate of drug-likeness (QED) is 0.402. The summed E-state index contributed by atoms with van der Waals surface area (Å²) in [4.78, 5) is 9.24. The molecule has 6 N–H and O–H groups in total. The summed E-state index contributed by atoms with van der Waals surface area (Å²) in [5.74, 6) is -0.968. The summed E-state index contributed by atoms with van der Waals surface area (Å²) in [7, 11) is 0. The van der Waals surface area contributed by atoms with E-state index in [0.717, 1.165) is 0 Å². The summed E-state index contributed by atoms with van der Waals surface area (Å²) in [6, 6.07) is 0. The van der Waals surface area contributed by atoms with Gasteiger partial charge in [-0.3, -0.25) is 4.79 Å². The maximum Gasteiger partial charge on any atom is 2.00 e. The number of rotatable bonds is 1. The van der Waals surface area contributed by atoms with Crippen molar-refractivity contribution in [3.63, 3.8) is 0 Å². The summed E-state index contributed by atoms with van der Waals surface area (Å²) in [6.07, 6.45) is 0. The molecule has 4 nitrogen and oxygen atoms in total. The molecule has 0 spiro atoms. The Morgan fingerprint density at radius 3 is 2.00 bits per heavy atom. The van der Waals surface area contributed by atoms with E-state index in [9.17, 15) is 4.79 Å². The Hall–Kier alpha value is 0.650. The summed E-state index contributed by atoms with van der Waals surface area (Å²) >= 11 is 0. The SMILES string of the molecule is N.NCC(=O)O.[Ca+2].[H-].[H-]. The second-order valence-electron chi connectivity index (χ2n) is 0.598. The molecule has 0 radical (unpaired) electrons. The molecule has 0 aromatic heterocycles. The molecule has 0 aliphatic heterocycles. The van der Waals surface area contributed by atoms with Crippen LogP contribution in [0.3, 0.4) is 0 Å². The number of hydrogen-bond donors (Lipinski definition) is 3. The van der Waals surface area contributed by atoms with E-state index in [2.05, 4.69) is 5.73 Å². The van der Waals surface area contributed by atoms with E-state index in [1.807, 2.05) is 0 Å². The minimum atomic E-state index is -0.968. The average Bonchev–Trinajstić information content (AvgIpc) is 1.38. The first kappa shape index (κ1) is 15.6. The molecule has 0 heterocycles. The Morgan fingerprint density at radius 1 is 1.86 bits per heavy atom. The molecular weight excluding hydrogens is 124 g/mol. The monoisotopic (exact) mass is 134 g/mol. The molecule has 0 aromatic carbocycles. The fourth-order valence-corrected chi connectivity index (χ4v) is 0. The van der Waals surface area contributed by atoms with Gasteiger partial charge in [-0.15, -0.1) is 0 Å². The average molecular weight is 134 g/mol. The molecule has 5 heteroatoms. The third kappa shape index (κ3) is 20.5. The van der Waals surface area contributed by atoms with Crippen LogP contribution in [-0.2, 0) is 4.79 Å². The maximum absolute atomic E-state index is 9.24. The van der Waals surface area contributed by atoms with Gasteiger partial charge in [0.2, 0.25) is 0 Å². The minimum absolute atomic E-state index is 0. The second kappa shape index (κ2) is 9.82. The number of carboxylic acid groups (broad SMARTS) is 1. The number of carboxylic acids is 1. The fourth-order valence-electron chi connectivity index (χ4n) is 0. The van der Waals surface area contributed by atoms with Crippen LogP contribution in [0.5, 0.6) is 0 Å². The molecule has 0 aliphatic carbocycles. The van der Waals surface area contributed by atoms with Gasteiger partial charge in [-0.25, -0.2) is 0 Å². The molecule has 0 aliphatic rings. The van der Waals surface area contributed by atoms with Gasteiger partial charge < -0.3 is 19.8 Å². The zero-order chi connectivity index (χ0) is 4.28. The van der Waals surface area contributed by atoms with Crippen LogP contribution in [0.2, 0.25) is 0 Å². The zero-order valence-electron chi connectivity index (χ0n) is 6.05. The van der Waals surface area contributed by atoms with Crippen molar-refractivity contribution >= 4 is 43.7 Å². The van der Waals surface area contributed by atoms with E-state index >= 15 is 0 Å². The van der Waals surface area contributed by atoms with E-state index < -0.39 is 5.97 Å². The molecule has 0 bridgehead atoms. The van der Waals surface area contributed by atoms with Crippen molar-refractivity contribution < 1.29 is 12.8 Å². The Morgan fingerprint density at radius 2 is 2.00 bits per heavy atom. The van der Waals surface area contributed by atoms with E-state index in [4.69, 9.17) is 5.11 Å². The van der Waals surface area contributed by atoms with Gasteiger partial charge >= 0.3 is 43.7 Å². The van der Waals surface area contributed by atoms with Crippen molar-refractivity contribution in [3.05, 3.63) is 0 Å². The zero-order valence-corrected chi connectivity index (χ0v) is 6.26. The standard InChI is InChI=1S/C2H5NO2.Ca.H3N.2H/c3-1-2(4)5;;;;/h1,3H2,(H,4,5);;1H3;;/q;+2;;2*-1. The van der Waals surface area contributed by atoms with Gasteiger partial charge in [0.25, 0.3) is 0 Å². The molecule has 42 valence electrons. The van der Waals surface area contributed by atoms with Crippen molar-refractivity contribution in [3.8, 4) is 0 Å². The Bertz CT molecular complexity index is 55.8. The molecule has 0 saturated heterocycles. The van der Waals surface area contributed by atoms with Crippen LogP contribution in [0.1, 0.15) is 2.85 Å². The molecule has 0 unspecified atom stereocenters. The molecular formula is C2H10CaN2O2. The normalized spacial score (nSPS) is 5.29. The summed E-state index contributed by atoms with van der Waals surface area (Å²) in [5.41, 5.74) is 4.57. The van der Waals surface area contributed by atoms with Gasteiger partial charge in [0, 0.05) is 0 Å². The number of aliphatic carboxylic acids is 1. The van der Waals surface area contributed by atoms with Crippen LogP contribution in [0.25, 0.3) is 0 Å². The second-order valence-corrected chi connectivity index (χ2v) is 0.598. The van der Waals surface area contributed by atoms with Crippen molar-refractivity contribution in [2.24, 2.45) is 5.73 Å². The van der Waals surface area contributed by atoms with Gasteiger partial charge in [-0.1, -0.05) is 0 Å². The molecule has 0 saturated carbocycles. The van der Waals surface area contributed by atoms with Crippen LogP contribution in [-0.4, -0.2) is 55.4 Å². The number of hydrogen-bond acceptors (Lipinski definition) is 3. The third-order valence-corrected chi connectivity index (χ3v) is 0.175. The first-order chi connectivity index (χ1) is 2.27.